The van der Waals surface area contributed by atoms with Crippen molar-refractivity contribution in [3.8, 4) is 0 Å². The van der Waals surface area contributed by atoms with Crippen LogP contribution in [0.5, 0.6) is 0 Å². The zero-order valence-electron chi connectivity index (χ0n) is 18.1. The van der Waals surface area contributed by atoms with E-state index < -0.39 is 6.04 Å². The molecule has 0 aliphatic carbocycles. The maximum absolute atomic E-state index is 12.7. The molecule has 3 aromatic rings. The van der Waals surface area contributed by atoms with E-state index in [1.165, 1.54) is 0 Å². The van der Waals surface area contributed by atoms with Gasteiger partial charge in [0, 0.05) is 39.3 Å². The van der Waals surface area contributed by atoms with Gasteiger partial charge < -0.3 is 9.88 Å². The van der Waals surface area contributed by atoms with E-state index in [9.17, 15) is 9.59 Å². The fraction of sp³-hybridized carbons (Fsp3) is 0.292. The molecule has 0 saturated carbocycles. The van der Waals surface area contributed by atoms with Crippen LogP contribution in [0, 0.1) is 5.92 Å². The third-order valence-electron chi connectivity index (χ3n) is 5.03. The molecule has 162 valence electrons. The molecule has 0 aliphatic heterocycles. The predicted octanol–water partition coefficient (Wildman–Crippen LogP) is 4.78. The summed E-state index contributed by atoms with van der Waals surface area (Å²) in [4.78, 5) is 25.2. The van der Waals surface area contributed by atoms with Gasteiger partial charge in [-0.05, 0) is 44.0 Å². The predicted molar refractivity (Wildman–Crippen MR) is 126 cm³/mol. The lowest BCUT2D eigenvalue weighted by Crippen LogP contribution is -2.48. The molecule has 1 unspecified atom stereocenters. The molecule has 2 aromatic carbocycles. The quantitative estimate of drug-likeness (QED) is 0.411. The van der Waals surface area contributed by atoms with E-state index in [-0.39, 0.29) is 17.7 Å². The first-order valence-corrected chi connectivity index (χ1v) is 10.6. The van der Waals surface area contributed by atoms with Gasteiger partial charge in [0.2, 0.25) is 0 Å². The monoisotopic (exact) mass is 438 g/mol. The van der Waals surface area contributed by atoms with Crippen LogP contribution in [0.1, 0.15) is 49.7 Å². The number of benzene rings is 2. The Hall–Kier alpha value is -3.12. The molecule has 0 aliphatic rings. The van der Waals surface area contributed by atoms with Crippen LogP contribution in [0.3, 0.4) is 0 Å². The Kier molecular flexibility index (Phi) is 7.13. The first kappa shape index (κ1) is 22.6. The smallest absolute Gasteiger partial charge is 0.262 e. The zero-order valence-corrected chi connectivity index (χ0v) is 18.9. The van der Waals surface area contributed by atoms with E-state index >= 15 is 0 Å². The molecule has 3 rings (SSSR count). The minimum Gasteiger partial charge on any atom is -0.344 e. The van der Waals surface area contributed by atoms with Crippen molar-refractivity contribution < 1.29 is 9.59 Å². The maximum atomic E-state index is 12.7. The molecule has 0 bridgehead atoms. The van der Waals surface area contributed by atoms with Crippen molar-refractivity contribution in [2.24, 2.45) is 11.0 Å². The average molecular weight is 439 g/mol. The number of nitrogens with zero attached hydrogens (tertiary/aromatic N) is 2. The molecule has 1 aromatic heterocycles. The molecule has 7 heteroatoms. The van der Waals surface area contributed by atoms with E-state index in [1.54, 1.807) is 30.5 Å². The van der Waals surface area contributed by atoms with Gasteiger partial charge in [-0.25, -0.2) is 5.43 Å². The SMILES string of the molecule is CC(C)C(NC(=O)c1cccc(Cl)c1)C(=O)N/N=C\c1cn(C(C)C)c2ccccc12. The van der Waals surface area contributed by atoms with Gasteiger partial charge in [0.25, 0.3) is 11.8 Å². The van der Waals surface area contributed by atoms with Crippen LogP contribution in [0.25, 0.3) is 10.9 Å². The molecule has 2 N–H and O–H groups in total. The molecule has 6 nitrogen and oxygen atoms in total. The third-order valence-corrected chi connectivity index (χ3v) is 5.26. The second kappa shape index (κ2) is 9.79. The minimum atomic E-state index is -0.736. The summed E-state index contributed by atoms with van der Waals surface area (Å²) >= 11 is 5.96. The first-order chi connectivity index (χ1) is 14.8. The summed E-state index contributed by atoms with van der Waals surface area (Å²) in [6.07, 6.45) is 3.65. The Labute approximate surface area is 187 Å². The average Bonchev–Trinajstić information content (AvgIpc) is 3.10. The molecule has 0 spiro atoms. The largest absolute Gasteiger partial charge is 0.344 e. The minimum absolute atomic E-state index is 0.124. The van der Waals surface area contributed by atoms with Gasteiger partial charge in [-0.1, -0.05) is 49.7 Å². The van der Waals surface area contributed by atoms with Crippen LogP contribution >= 0.6 is 11.6 Å². The van der Waals surface area contributed by atoms with Crippen molar-refractivity contribution in [3.63, 3.8) is 0 Å². The fourth-order valence-corrected chi connectivity index (χ4v) is 3.58. The number of halogens is 1. The first-order valence-electron chi connectivity index (χ1n) is 10.3. The van der Waals surface area contributed by atoms with Gasteiger partial charge in [-0.3, -0.25) is 9.59 Å². The van der Waals surface area contributed by atoms with Gasteiger partial charge in [0.05, 0.1) is 6.21 Å². The highest BCUT2D eigenvalue weighted by Gasteiger charge is 2.24. The Bertz CT molecular complexity index is 1120. The number of carbonyl (C=O) groups is 2. The second-order valence-corrected chi connectivity index (χ2v) is 8.48. The Balaban J connectivity index is 1.73. The number of hydrogen-bond donors (Lipinski definition) is 2. The van der Waals surface area contributed by atoms with Crippen LogP contribution < -0.4 is 10.7 Å². The van der Waals surface area contributed by atoms with Crippen LogP contribution in [0.15, 0.2) is 59.8 Å². The number of nitrogens with one attached hydrogen (secondary N) is 2. The third kappa shape index (κ3) is 5.33. The summed E-state index contributed by atoms with van der Waals surface area (Å²) in [6.45, 7) is 7.96. The van der Waals surface area contributed by atoms with Crippen molar-refractivity contribution in [2.45, 2.75) is 39.8 Å². The molecule has 1 heterocycles. The Morgan fingerprint density at radius 1 is 1.06 bits per heavy atom. The van der Waals surface area contributed by atoms with Crippen molar-refractivity contribution in [2.75, 3.05) is 0 Å². The van der Waals surface area contributed by atoms with E-state index in [0.717, 1.165) is 16.5 Å². The lowest BCUT2D eigenvalue weighted by Gasteiger charge is -2.20. The summed E-state index contributed by atoms with van der Waals surface area (Å²) in [5.41, 5.74) is 4.98. The summed E-state index contributed by atoms with van der Waals surface area (Å²) in [6, 6.07) is 14.2. The Morgan fingerprint density at radius 3 is 2.48 bits per heavy atom. The molecular weight excluding hydrogens is 412 g/mol. The highest BCUT2D eigenvalue weighted by Crippen LogP contribution is 2.23. The molecule has 0 saturated heterocycles. The number of hydrogen-bond acceptors (Lipinski definition) is 3. The van der Waals surface area contributed by atoms with Crippen molar-refractivity contribution in [3.05, 3.63) is 70.9 Å². The van der Waals surface area contributed by atoms with Gasteiger partial charge in [-0.2, -0.15) is 5.10 Å². The number of rotatable bonds is 7. The zero-order chi connectivity index (χ0) is 22.5. The topological polar surface area (TPSA) is 75.5 Å². The van der Waals surface area contributed by atoms with Gasteiger partial charge >= 0.3 is 0 Å². The summed E-state index contributed by atoms with van der Waals surface area (Å²) in [7, 11) is 0. The molecule has 1 atom stereocenters. The van der Waals surface area contributed by atoms with Crippen LogP contribution in [-0.2, 0) is 4.79 Å². The number of amides is 2. The van der Waals surface area contributed by atoms with Crippen molar-refractivity contribution in [1.29, 1.82) is 0 Å². The number of fused-ring (bicyclic) bond motifs is 1. The lowest BCUT2D eigenvalue weighted by atomic mass is 10.0. The molecule has 0 radical (unpaired) electrons. The van der Waals surface area contributed by atoms with Crippen molar-refractivity contribution in [1.82, 2.24) is 15.3 Å². The molecule has 2 amide bonds. The lowest BCUT2D eigenvalue weighted by molar-refractivity contribution is -0.123. The summed E-state index contributed by atoms with van der Waals surface area (Å²) in [5, 5.41) is 8.44. The van der Waals surface area contributed by atoms with Gasteiger partial charge in [-0.15, -0.1) is 0 Å². The fourth-order valence-electron chi connectivity index (χ4n) is 3.39. The van der Waals surface area contributed by atoms with Crippen LogP contribution in [0.2, 0.25) is 5.02 Å². The molecule has 31 heavy (non-hydrogen) atoms. The van der Waals surface area contributed by atoms with Crippen LogP contribution in [0.4, 0.5) is 0 Å². The highest BCUT2D eigenvalue weighted by atomic mass is 35.5. The van der Waals surface area contributed by atoms with E-state index in [1.807, 2.05) is 38.2 Å². The number of para-hydroxylation sites is 1. The second-order valence-electron chi connectivity index (χ2n) is 8.04. The van der Waals surface area contributed by atoms with Gasteiger partial charge in [0.15, 0.2) is 0 Å². The maximum Gasteiger partial charge on any atom is 0.262 e. The van der Waals surface area contributed by atoms with Crippen LogP contribution in [-0.4, -0.2) is 28.6 Å². The molecular formula is C24H27ClN4O2. The van der Waals surface area contributed by atoms with Gasteiger partial charge in [0.1, 0.15) is 6.04 Å². The van der Waals surface area contributed by atoms with Crippen molar-refractivity contribution >= 4 is 40.5 Å². The van der Waals surface area contributed by atoms with E-state index in [4.69, 9.17) is 11.6 Å². The van der Waals surface area contributed by atoms with E-state index in [0.29, 0.717) is 16.6 Å². The number of aromatic nitrogens is 1. The Morgan fingerprint density at radius 2 is 1.81 bits per heavy atom. The summed E-state index contributed by atoms with van der Waals surface area (Å²) in [5.74, 6) is -0.865. The highest BCUT2D eigenvalue weighted by molar-refractivity contribution is 6.31. The standard InChI is InChI=1S/C24H27ClN4O2/c1-15(2)22(27-23(30)17-8-7-9-19(25)12-17)24(31)28-26-13-18-14-29(16(3)4)21-11-6-5-10-20(18)21/h5-16,22H,1-4H3,(H,27,30)(H,28,31)/b26-13-. The number of hydrazone groups is 1. The summed E-state index contributed by atoms with van der Waals surface area (Å²) < 4.78 is 2.17. The van der Waals surface area contributed by atoms with E-state index in [2.05, 4.69) is 40.3 Å². The molecule has 0 fully saturated rings. The number of carbonyl (C=O) groups excluding carboxylic acids is 2. The normalized spacial score (nSPS) is 12.6.